The summed E-state index contributed by atoms with van der Waals surface area (Å²) in [5.74, 6) is -0.505. The van der Waals surface area contributed by atoms with E-state index in [2.05, 4.69) is 21.2 Å². The van der Waals surface area contributed by atoms with E-state index in [1.165, 1.54) is 7.11 Å². The van der Waals surface area contributed by atoms with Gasteiger partial charge >= 0.3 is 0 Å². The first-order chi connectivity index (χ1) is 18.6. The van der Waals surface area contributed by atoms with Gasteiger partial charge in [-0.15, -0.1) is 0 Å². The number of carbonyl (C=O) groups is 4. The van der Waals surface area contributed by atoms with Gasteiger partial charge in [-0.05, 0) is 84.8 Å². The number of ether oxygens (including phenoxy) is 2. The number of rotatable bonds is 9. The molecule has 1 N–H and O–H groups in total. The smallest absolute Gasteiger partial charge is 0.293 e. The van der Waals surface area contributed by atoms with Crippen LogP contribution in [0.5, 0.6) is 11.5 Å². The highest BCUT2D eigenvalue weighted by molar-refractivity contribution is 9.10. The van der Waals surface area contributed by atoms with Crippen LogP contribution in [0.4, 0.5) is 10.5 Å². The largest absolute Gasteiger partial charge is 0.493 e. The van der Waals surface area contributed by atoms with Crippen molar-refractivity contribution in [1.82, 2.24) is 4.90 Å². The number of ketones is 1. The van der Waals surface area contributed by atoms with Crippen LogP contribution in [0.3, 0.4) is 0 Å². The minimum atomic E-state index is -0.544. The maximum Gasteiger partial charge on any atom is 0.293 e. The molecule has 0 saturated carbocycles. The van der Waals surface area contributed by atoms with Gasteiger partial charge in [0.25, 0.3) is 17.1 Å². The van der Waals surface area contributed by atoms with Crippen LogP contribution in [0.25, 0.3) is 6.08 Å². The highest BCUT2D eigenvalue weighted by Crippen LogP contribution is 2.34. The van der Waals surface area contributed by atoms with Gasteiger partial charge in [0.05, 0.1) is 18.6 Å². The number of carbonyl (C=O) groups excluding carboxylic acids is 4. The molecule has 0 aliphatic carbocycles. The fourth-order valence-corrected chi connectivity index (χ4v) is 4.81. The van der Waals surface area contributed by atoms with Gasteiger partial charge in [0.15, 0.2) is 23.9 Å². The van der Waals surface area contributed by atoms with Crippen molar-refractivity contribution >= 4 is 62.3 Å². The molecule has 3 aromatic carbocycles. The number of hydrogen-bond donors (Lipinski definition) is 1. The lowest BCUT2D eigenvalue weighted by atomic mass is 10.1. The second kappa shape index (κ2) is 12.3. The van der Waals surface area contributed by atoms with Gasteiger partial charge in [-0.1, -0.05) is 40.2 Å². The Morgan fingerprint density at radius 1 is 0.974 bits per heavy atom. The second-order valence-corrected chi connectivity index (χ2v) is 10.7. The summed E-state index contributed by atoms with van der Waals surface area (Å²) in [6.45, 7) is 3.40. The molecule has 0 atom stereocenters. The van der Waals surface area contributed by atoms with Crippen LogP contribution in [-0.4, -0.2) is 48.0 Å². The lowest BCUT2D eigenvalue weighted by Crippen LogP contribution is -2.33. The van der Waals surface area contributed by atoms with Crippen molar-refractivity contribution in [2.45, 2.75) is 13.8 Å². The summed E-state index contributed by atoms with van der Waals surface area (Å²) in [6, 6.07) is 17.3. The molecule has 4 rings (SSSR count). The Labute approximate surface area is 238 Å². The second-order valence-electron chi connectivity index (χ2n) is 8.74. The molecular weight excluding hydrogens is 584 g/mol. The molecule has 0 radical (unpaired) electrons. The molecule has 3 amide bonds. The topological polar surface area (TPSA) is 102 Å². The van der Waals surface area contributed by atoms with Gasteiger partial charge in [0, 0.05) is 15.7 Å². The number of nitrogens with one attached hydrogen (secondary N) is 1. The molecule has 1 aliphatic rings. The van der Waals surface area contributed by atoms with Crippen LogP contribution in [0, 0.1) is 13.8 Å². The highest BCUT2D eigenvalue weighted by Gasteiger charge is 2.36. The molecule has 8 nitrogen and oxygen atoms in total. The summed E-state index contributed by atoms with van der Waals surface area (Å²) >= 11 is 4.08. The Balaban J connectivity index is 1.40. The normalized spacial score (nSPS) is 14.1. The van der Waals surface area contributed by atoms with E-state index in [1.54, 1.807) is 48.5 Å². The summed E-state index contributed by atoms with van der Waals surface area (Å²) < 4.78 is 11.9. The summed E-state index contributed by atoms with van der Waals surface area (Å²) in [6.07, 6.45) is 1.55. The first kappa shape index (κ1) is 28.1. The van der Waals surface area contributed by atoms with Crippen LogP contribution in [-0.2, 0) is 9.59 Å². The predicted molar refractivity (Wildman–Crippen MR) is 154 cm³/mol. The summed E-state index contributed by atoms with van der Waals surface area (Å²) in [5.41, 5.74) is 3.88. The van der Waals surface area contributed by atoms with Crippen LogP contribution in [0.2, 0.25) is 0 Å². The molecule has 1 fully saturated rings. The number of imide groups is 1. The van der Waals surface area contributed by atoms with Crippen molar-refractivity contribution < 1.29 is 28.7 Å². The fourth-order valence-electron chi connectivity index (χ4n) is 3.71. The monoisotopic (exact) mass is 608 g/mol. The molecule has 1 heterocycles. The van der Waals surface area contributed by atoms with E-state index in [-0.39, 0.29) is 29.7 Å². The minimum Gasteiger partial charge on any atom is -0.493 e. The molecular formula is C29H25BrN2O6S. The zero-order valence-corrected chi connectivity index (χ0v) is 23.9. The van der Waals surface area contributed by atoms with Crippen LogP contribution >= 0.6 is 27.7 Å². The SMILES string of the molecule is COc1cc(/C=C2/SC(=O)N(CC(=O)c3ccc(Br)cc3)C2=O)ccc1OCC(=O)Nc1ccc(C)c(C)c1. The quantitative estimate of drug-likeness (QED) is 0.234. The van der Waals surface area contributed by atoms with Crippen LogP contribution in [0.1, 0.15) is 27.0 Å². The van der Waals surface area contributed by atoms with Crippen molar-refractivity contribution in [2.24, 2.45) is 0 Å². The highest BCUT2D eigenvalue weighted by atomic mass is 79.9. The zero-order chi connectivity index (χ0) is 28.1. The number of nitrogens with zero attached hydrogens (tertiary/aromatic N) is 1. The molecule has 200 valence electrons. The molecule has 0 bridgehead atoms. The molecule has 1 saturated heterocycles. The average molecular weight is 609 g/mol. The van der Waals surface area contributed by atoms with Crippen molar-refractivity contribution in [1.29, 1.82) is 0 Å². The lowest BCUT2D eigenvalue weighted by molar-refractivity contribution is -0.122. The number of hydrogen-bond acceptors (Lipinski definition) is 7. The summed E-state index contributed by atoms with van der Waals surface area (Å²) in [5, 5.41) is 2.28. The Bertz CT molecular complexity index is 1490. The zero-order valence-electron chi connectivity index (χ0n) is 21.4. The Hall–Kier alpha value is -3.89. The number of benzene rings is 3. The van der Waals surface area contributed by atoms with Crippen molar-refractivity contribution in [3.05, 3.63) is 92.3 Å². The molecule has 0 spiro atoms. The molecule has 0 unspecified atom stereocenters. The average Bonchev–Trinajstić information content (AvgIpc) is 3.17. The third-order valence-corrected chi connectivity index (χ3v) is 7.41. The third-order valence-electron chi connectivity index (χ3n) is 5.98. The van der Waals surface area contributed by atoms with E-state index < -0.39 is 11.1 Å². The molecule has 10 heteroatoms. The van der Waals surface area contributed by atoms with E-state index in [4.69, 9.17) is 9.47 Å². The first-order valence-electron chi connectivity index (χ1n) is 11.9. The third kappa shape index (κ3) is 6.96. The Kier molecular flexibility index (Phi) is 8.88. The summed E-state index contributed by atoms with van der Waals surface area (Å²) in [7, 11) is 1.46. The van der Waals surface area contributed by atoms with Gasteiger partial charge in [-0.3, -0.25) is 24.1 Å². The number of halogens is 1. The van der Waals surface area contributed by atoms with Crippen molar-refractivity contribution in [3.8, 4) is 11.5 Å². The van der Waals surface area contributed by atoms with Gasteiger partial charge in [0.2, 0.25) is 0 Å². The van der Waals surface area contributed by atoms with Gasteiger partial charge in [-0.25, -0.2) is 0 Å². The molecule has 39 heavy (non-hydrogen) atoms. The Morgan fingerprint density at radius 3 is 2.41 bits per heavy atom. The van der Waals surface area contributed by atoms with Crippen LogP contribution < -0.4 is 14.8 Å². The van der Waals surface area contributed by atoms with E-state index >= 15 is 0 Å². The van der Waals surface area contributed by atoms with E-state index in [0.29, 0.717) is 28.3 Å². The number of methoxy groups -OCH3 is 1. The number of thioether (sulfide) groups is 1. The summed E-state index contributed by atoms with van der Waals surface area (Å²) in [4.78, 5) is 51.4. The number of aryl methyl sites for hydroxylation is 2. The maximum absolute atomic E-state index is 12.9. The maximum atomic E-state index is 12.9. The van der Waals surface area contributed by atoms with Gasteiger partial charge < -0.3 is 14.8 Å². The Morgan fingerprint density at radius 2 is 1.72 bits per heavy atom. The van der Waals surface area contributed by atoms with E-state index in [1.807, 2.05) is 32.0 Å². The fraction of sp³-hybridized carbons (Fsp3) is 0.172. The van der Waals surface area contributed by atoms with E-state index in [9.17, 15) is 19.2 Å². The van der Waals surface area contributed by atoms with Gasteiger partial charge in [0.1, 0.15) is 0 Å². The lowest BCUT2D eigenvalue weighted by Gasteiger charge is -2.12. The molecule has 1 aliphatic heterocycles. The first-order valence-corrected chi connectivity index (χ1v) is 13.5. The standard InChI is InChI=1S/C29H25BrN2O6S/c1-17-4-10-22(12-18(17)2)31-27(34)16-38-24-11-5-19(13-25(24)37-3)14-26-28(35)32(29(36)39-26)15-23(33)20-6-8-21(30)9-7-20/h4-14H,15-16H2,1-3H3,(H,31,34)/b26-14+. The number of Topliss-reactive ketones (excluding diaryl/α,β-unsaturated/α-hetero) is 1. The van der Waals surface area contributed by atoms with Gasteiger partial charge in [-0.2, -0.15) is 0 Å². The molecule has 0 aromatic heterocycles. The number of anilines is 1. The minimum absolute atomic E-state index is 0.187. The number of amides is 3. The van der Waals surface area contributed by atoms with E-state index in [0.717, 1.165) is 32.3 Å². The van der Waals surface area contributed by atoms with Crippen LogP contribution in [0.15, 0.2) is 70.0 Å². The molecule has 3 aromatic rings. The predicted octanol–water partition coefficient (Wildman–Crippen LogP) is 6.01. The van der Waals surface area contributed by atoms with Crippen molar-refractivity contribution in [2.75, 3.05) is 25.6 Å². The van der Waals surface area contributed by atoms with Crippen molar-refractivity contribution in [3.63, 3.8) is 0 Å².